The molecule has 2 aliphatic rings. The van der Waals surface area contributed by atoms with Gasteiger partial charge in [0.1, 0.15) is 0 Å². The Bertz CT molecular complexity index is 288. The fourth-order valence-electron chi connectivity index (χ4n) is 2.90. The second-order valence-electron chi connectivity index (χ2n) is 5.79. The summed E-state index contributed by atoms with van der Waals surface area (Å²) in [6, 6.07) is -0.0152. The minimum absolute atomic E-state index is 0.0152. The predicted octanol–water partition coefficient (Wildman–Crippen LogP) is 1.75. The van der Waals surface area contributed by atoms with Gasteiger partial charge < -0.3 is 9.64 Å². The molecule has 2 fully saturated rings. The summed E-state index contributed by atoms with van der Waals surface area (Å²) >= 11 is 0. The highest BCUT2D eigenvalue weighted by molar-refractivity contribution is 5.84. The lowest BCUT2D eigenvalue weighted by molar-refractivity contribution is -0.133. The Balaban J connectivity index is 1.98. The summed E-state index contributed by atoms with van der Waals surface area (Å²) in [5, 5.41) is 3.45. The molecule has 0 aliphatic carbocycles. The first-order valence-electron chi connectivity index (χ1n) is 7.31. The fraction of sp³-hybridized carbons (Fsp3) is 0.929. The van der Waals surface area contributed by atoms with E-state index in [9.17, 15) is 4.79 Å². The van der Waals surface area contributed by atoms with E-state index >= 15 is 0 Å². The minimum Gasteiger partial charge on any atom is -0.376 e. The molecule has 1 N–H and O–H groups in total. The molecule has 3 unspecified atom stereocenters. The molecule has 3 atom stereocenters. The smallest absolute Gasteiger partial charge is 0.241 e. The Hall–Kier alpha value is -0.610. The van der Waals surface area contributed by atoms with Crippen LogP contribution in [0.15, 0.2) is 0 Å². The third-order valence-corrected chi connectivity index (χ3v) is 4.02. The number of hydrogen-bond acceptors (Lipinski definition) is 3. The Morgan fingerprint density at radius 3 is 2.78 bits per heavy atom. The fourth-order valence-corrected chi connectivity index (χ4v) is 2.90. The van der Waals surface area contributed by atoms with E-state index in [1.807, 2.05) is 4.90 Å². The summed E-state index contributed by atoms with van der Waals surface area (Å²) in [5.74, 6) is 0.606. The summed E-state index contributed by atoms with van der Waals surface area (Å²) < 4.78 is 5.76. The maximum Gasteiger partial charge on any atom is 0.241 e. The van der Waals surface area contributed by atoms with Crippen LogP contribution in [0.1, 0.15) is 46.5 Å². The Morgan fingerprint density at radius 2 is 2.22 bits per heavy atom. The third kappa shape index (κ3) is 2.86. The second-order valence-corrected chi connectivity index (χ2v) is 5.79. The monoisotopic (exact) mass is 254 g/mol. The largest absolute Gasteiger partial charge is 0.376 e. The van der Waals surface area contributed by atoms with Gasteiger partial charge in [-0.15, -0.1) is 0 Å². The van der Waals surface area contributed by atoms with Gasteiger partial charge in [-0.3, -0.25) is 10.1 Å². The zero-order chi connectivity index (χ0) is 13.1. The van der Waals surface area contributed by atoms with Gasteiger partial charge in [0, 0.05) is 13.2 Å². The Kier molecular flexibility index (Phi) is 4.62. The van der Waals surface area contributed by atoms with E-state index in [0.717, 1.165) is 32.4 Å². The average Bonchev–Trinajstić information content (AvgIpc) is 2.68. The molecule has 2 aliphatic heterocycles. The first-order valence-corrected chi connectivity index (χ1v) is 7.31. The van der Waals surface area contributed by atoms with Gasteiger partial charge in [0.25, 0.3) is 0 Å². The van der Waals surface area contributed by atoms with Crippen molar-refractivity contribution in [3.8, 4) is 0 Å². The van der Waals surface area contributed by atoms with Crippen molar-refractivity contribution in [1.82, 2.24) is 10.2 Å². The third-order valence-electron chi connectivity index (χ3n) is 4.02. The normalized spacial score (nSPS) is 33.4. The van der Waals surface area contributed by atoms with Crippen molar-refractivity contribution in [2.45, 2.75) is 64.8 Å². The van der Waals surface area contributed by atoms with Crippen LogP contribution in [0.3, 0.4) is 0 Å². The lowest BCUT2D eigenvalue weighted by Gasteiger charge is -2.30. The van der Waals surface area contributed by atoms with Crippen molar-refractivity contribution < 1.29 is 9.53 Å². The molecule has 1 amide bonds. The summed E-state index contributed by atoms with van der Waals surface area (Å²) in [6.07, 6.45) is 4.87. The first-order chi connectivity index (χ1) is 8.63. The molecule has 0 saturated carbocycles. The molecule has 0 aromatic carbocycles. The average molecular weight is 254 g/mol. The van der Waals surface area contributed by atoms with Crippen LogP contribution in [0, 0.1) is 5.92 Å². The Labute approximate surface area is 110 Å². The number of ether oxygens (including phenoxy) is 1. The molecule has 0 bridgehead atoms. The number of nitrogens with one attached hydrogen (secondary N) is 1. The van der Waals surface area contributed by atoms with E-state index in [2.05, 4.69) is 26.1 Å². The molecule has 2 heterocycles. The summed E-state index contributed by atoms with van der Waals surface area (Å²) in [4.78, 5) is 14.4. The van der Waals surface area contributed by atoms with Crippen LogP contribution < -0.4 is 5.32 Å². The van der Waals surface area contributed by atoms with Crippen molar-refractivity contribution in [3.63, 3.8) is 0 Å². The quantitative estimate of drug-likeness (QED) is 0.831. The van der Waals surface area contributed by atoms with Gasteiger partial charge in [0.2, 0.25) is 5.91 Å². The maximum atomic E-state index is 12.4. The zero-order valence-corrected chi connectivity index (χ0v) is 11.8. The molecule has 4 nitrogen and oxygen atoms in total. The van der Waals surface area contributed by atoms with Crippen LogP contribution in [0.4, 0.5) is 0 Å². The molecule has 104 valence electrons. The SMILES string of the molecule is CCC1NC(C(C)C)C(=O)N1CC1CCCCO1. The lowest BCUT2D eigenvalue weighted by Crippen LogP contribution is -2.43. The lowest BCUT2D eigenvalue weighted by atomic mass is 10.0. The van der Waals surface area contributed by atoms with Crippen molar-refractivity contribution in [3.05, 3.63) is 0 Å². The van der Waals surface area contributed by atoms with Crippen molar-refractivity contribution in [2.24, 2.45) is 5.92 Å². The highest BCUT2D eigenvalue weighted by atomic mass is 16.5. The van der Waals surface area contributed by atoms with E-state index in [-0.39, 0.29) is 24.2 Å². The standard InChI is InChI=1S/C14H26N2O2/c1-4-12-15-13(10(2)3)14(17)16(12)9-11-7-5-6-8-18-11/h10-13,15H,4-9H2,1-3H3. The van der Waals surface area contributed by atoms with Crippen LogP contribution in [-0.4, -0.2) is 42.3 Å². The molecular weight excluding hydrogens is 228 g/mol. The number of carbonyl (C=O) groups excluding carboxylic acids is 1. The number of carbonyl (C=O) groups is 1. The van der Waals surface area contributed by atoms with Gasteiger partial charge in [0.15, 0.2) is 0 Å². The molecule has 4 heteroatoms. The predicted molar refractivity (Wildman–Crippen MR) is 71.1 cm³/mol. The Morgan fingerprint density at radius 1 is 1.44 bits per heavy atom. The number of hydrogen-bond donors (Lipinski definition) is 1. The molecule has 18 heavy (non-hydrogen) atoms. The summed E-state index contributed by atoms with van der Waals surface area (Å²) in [7, 11) is 0. The van der Waals surface area contributed by atoms with Crippen LogP contribution in [-0.2, 0) is 9.53 Å². The summed E-state index contributed by atoms with van der Waals surface area (Å²) in [6.45, 7) is 7.94. The van der Waals surface area contributed by atoms with Crippen molar-refractivity contribution in [1.29, 1.82) is 0 Å². The number of rotatable bonds is 4. The molecular formula is C14H26N2O2. The van der Waals surface area contributed by atoms with Crippen molar-refractivity contribution in [2.75, 3.05) is 13.2 Å². The highest BCUT2D eigenvalue weighted by Gasteiger charge is 2.40. The van der Waals surface area contributed by atoms with Gasteiger partial charge in [-0.05, 0) is 31.6 Å². The zero-order valence-electron chi connectivity index (χ0n) is 11.8. The topological polar surface area (TPSA) is 41.6 Å². The van der Waals surface area contributed by atoms with Gasteiger partial charge in [-0.1, -0.05) is 20.8 Å². The van der Waals surface area contributed by atoms with E-state index in [1.54, 1.807) is 0 Å². The van der Waals surface area contributed by atoms with Crippen LogP contribution >= 0.6 is 0 Å². The molecule has 0 radical (unpaired) electrons. The summed E-state index contributed by atoms with van der Waals surface area (Å²) in [5.41, 5.74) is 0. The molecule has 2 rings (SSSR count). The second kappa shape index (κ2) is 6.02. The van der Waals surface area contributed by atoms with E-state index in [1.165, 1.54) is 6.42 Å². The first kappa shape index (κ1) is 13.8. The van der Waals surface area contributed by atoms with Crippen molar-refractivity contribution >= 4 is 5.91 Å². The molecule has 0 aromatic rings. The number of nitrogens with zero attached hydrogens (tertiary/aromatic N) is 1. The van der Waals surface area contributed by atoms with Crippen LogP contribution in [0.2, 0.25) is 0 Å². The van der Waals surface area contributed by atoms with Gasteiger partial charge in [-0.25, -0.2) is 0 Å². The van der Waals surface area contributed by atoms with Gasteiger partial charge in [0.05, 0.1) is 18.3 Å². The van der Waals surface area contributed by atoms with Crippen LogP contribution in [0.25, 0.3) is 0 Å². The number of amides is 1. The van der Waals surface area contributed by atoms with E-state index < -0.39 is 0 Å². The molecule has 0 aromatic heterocycles. The van der Waals surface area contributed by atoms with Gasteiger partial charge in [-0.2, -0.15) is 0 Å². The highest BCUT2D eigenvalue weighted by Crippen LogP contribution is 2.22. The van der Waals surface area contributed by atoms with Crippen LogP contribution in [0.5, 0.6) is 0 Å². The maximum absolute atomic E-state index is 12.4. The minimum atomic E-state index is -0.0152. The molecule has 0 spiro atoms. The van der Waals surface area contributed by atoms with E-state index in [0.29, 0.717) is 5.92 Å². The van der Waals surface area contributed by atoms with Gasteiger partial charge >= 0.3 is 0 Å². The molecule has 2 saturated heterocycles. The van der Waals surface area contributed by atoms with E-state index in [4.69, 9.17) is 4.74 Å².